The topological polar surface area (TPSA) is 76.8 Å². The lowest BCUT2D eigenvalue weighted by Crippen LogP contribution is -2.29. The fourth-order valence-corrected chi connectivity index (χ4v) is 3.13. The van der Waals surface area contributed by atoms with Crippen LogP contribution in [-0.4, -0.2) is 33.3 Å². The summed E-state index contributed by atoms with van der Waals surface area (Å²) in [6.07, 6.45) is 0. The number of fused-ring (bicyclic) bond motifs is 1. The Balaban J connectivity index is 1.67. The molecule has 0 aliphatic rings. The molecule has 0 aliphatic heterocycles. The molecule has 6 nitrogen and oxygen atoms in total. The van der Waals surface area contributed by atoms with Gasteiger partial charge in [0.1, 0.15) is 5.82 Å². The average Bonchev–Trinajstić information content (AvgIpc) is 3.14. The SMILES string of the molecule is C=C(C)CNC(=S)Nc1ccc(-c2nc3ccc(NC(=S)NCC(=C)C)cc3[nH]2)cc1. The minimum Gasteiger partial charge on any atom is -0.359 e. The van der Waals surface area contributed by atoms with Crippen LogP contribution >= 0.6 is 24.4 Å². The number of imidazole rings is 1. The Labute approximate surface area is 193 Å². The molecule has 31 heavy (non-hydrogen) atoms. The van der Waals surface area contributed by atoms with E-state index in [0.717, 1.165) is 44.9 Å². The minimum absolute atomic E-state index is 0.556. The Morgan fingerprint density at radius 1 is 0.871 bits per heavy atom. The van der Waals surface area contributed by atoms with Gasteiger partial charge in [-0.15, -0.1) is 0 Å². The van der Waals surface area contributed by atoms with Crippen molar-refractivity contribution in [1.29, 1.82) is 0 Å². The molecule has 2 aromatic carbocycles. The molecule has 0 unspecified atom stereocenters. The van der Waals surface area contributed by atoms with E-state index in [1.807, 2.05) is 56.3 Å². The predicted molar refractivity (Wildman–Crippen MR) is 140 cm³/mol. The molecule has 1 heterocycles. The van der Waals surface area contributed by atoms with Gasteiger partial charge in [-0.05, 0) is 80.7 Å². The van der Waals surface area contributed by atoms with Crippen LogP contribution in [0.1, 0.15) is 13.8 Å². The molecule has 3 rings (SSSR count). The van der Waals surface area contributed by atoms with Gasteiger partial charge in [-0.1, -0.05) is 24.3 Å². The lowest BCUT2D eigenvalue weighted by Gasteiger charge is -2.10. The highest BCUT2D eigenvalue weighted by Crippen LogP contribution is 2.24. The number of H-pyrrole nitrogens is 1. The van der Waals surface area contributed by atoms with Crippen LogP contribution in [0.5, 0.6) is 0 Å². The molecule has 0 bridgehead atoms. The third-order valence-electron chi connectivity index (χ3n) is 4.26. The summed E-state index contributed by atoms with van der Waals surface area (Å²) in [4.78, 5) is 8.06. The number of anilines is 2. The number of hydrogen-bond donors (Lipinski definition) is 5. The average molecular weight is 451 g/mol. The molecule has 0 atom stereocenters. The molecule has 0 aliphatic carbocycles. The monoisotopic (exact) mass is 450 g/mol. The molecule has 1 aromatic heterocycles. The minimum atomic E-state index is 0.556. The molecule has 0 radical (unpaired) electrons. The first-order valence-corrected chi connectivity index (χ1v) is 10.6. The van der Waals surface area contributed by atoms with Crippen LogP contribution in [0.15, 0.2) is 66.8 Å². The second-order valence-corrected chi connectivity index (χ2v) is 8.24. The molecule has 0 saturated carbocycles. The Morgan fingerprint density at radius 3 is 2.00 bits per heavy atom. The van der Waals surface area contributed by atoms with Gasteiger partial charge in [0.2, 0.25) is 0 Å². The number of aromatic amines is 1. The molecule has 160 valence electrons. The standard InChI is InChI=1S/C23H26N6S2/c1-14(2)12-24-22(30)26-17-7-5-16(6-8-17)21-28-19-10-9-18(11-20(19)29-21)27-23(31)25-13-15(3)4/h5-11H,1,3,12-13H2,2,4H3,(H,28,29)(H2,24,26,30)(H2,25,27,31). The third-order valence-corrected chi connectivity index (χ3v) is 4.75. The zero-order valence-corrected chi connectivity index (χ0v) is 19.3. The van der Waals surface area contributed by atoms with E-state index in [2.05, 4.69) is 39.4 Å². The van der Waals surface area contributed by atoms with Gasteiger partial charge in [0, 0.05) is 30.0 Å². The first-order chi connectivity index (χ1) is 14.8. The zero-order chi connectivity index (χ0) is 22.4. The number of nitrogens with zero attached hydrogens (tertiary/aromatic N) is 1. The van der Waals surface area contributed by atoms with Gasteiger partial charge in [0.15, 0.2) is 10.2 Å². The normalized spacial score (nSPS) is 10.4. The summed E-state index contributed by atoms with van der Waals surface area (Å²) in [5, 5.41) is 13.7. The molecule has 0 fully saturated rings. The van der Waals surface area contributed by atoms with Crippen molar-refractivity contribution in [3.05, 3.63) is 66.8 Å². The van der Waals surface area contributed by atoms with E-state index in [1.165, 1.54) is 0 Å². The van der Waals surface area contributed by atoms with E-state index in [4.69, 9.17) is 29.4 Å². The van der Waals surface area contributed by atoms with E-state index in [1.54, 1.807) is 0 Å². The maximum absolute atomic E-state index is 5.32. The molecular formula is C23H26N6S2. The Hall–Kier alpha value is -3.23. The van der Waals surface area contributed by atoms with Crippen molar-refractivity contribution in [2.75, 3.05) is 23.7 Å². The Bertz CT molecular complexity index is 1130. The maximum atomic E-state index is 5.32. The van der Waals surface area contributed by atoms with Crippen molar-refractivity contribution in [2.45, 2.75) is 13.8 Å². The predicted octanol–water partition coefficient (Wildman–Crippen LogP) is 4.95. The number of benzene rings is 2. The van der Waals surface area contributed by atoms with Gasteiger partial charge < -0.3 is 26.3 Å². The van der Waals surface area contributed by atoms with Crippen molar-refractivity contribution >= 4 is 57.1 Å². The van der Waals surface area contributed by atoms with E-state index in [9.17, 15) is 0 Å². The van der Waals surface area contributed by atoms with Crippen LogP contribution in [0.25, 0.3) is 22.4 Å². The summed E-state index contributed by atoms with van der Waals surface area (Å²) in [5.41, 5.74) is 6.62. The second kappa shape index (κ2) is 10.2. The molecule has 5 N–H and O–H groups in total. The molecular weight excluding hydrogens is 424 g/mol. The van der Waals surface area contributed by atoms with Crippen LogP contribution < -0.4 is 21.3 Å². The first kappa shape index (κ1) is 22.5. The lowest BCUT2D eigenvalue weighted by molar-refractivity contribution is 1.000. The van der Waals surface area contributed by atoms with Gasteiger partial charge in [0.05, 0.1) is 11.0 Å². The largest absolute Gasteiger partial charge is 0.359 e. The fourth-order valence-electron chi connectivity index (χ4n) is 2.75. The van der Waals surface area contributed by atoms with Crippen molar-refractivity contribution in [3.8, 4) is 11.4 Å². The second-order valence-electron chi connectivity index (χ2n) is 7.42. The third kappa shape index (κ3) is 6.63. The smallest absolute Gasteiger partial charge is 0.171 e. The summed E-state index contributed by atoms with van der Waals surface area (Å²) in [7, 11) is 0. The van der Waals surface area contributed by atoms with E-state index in [-0.39, 0.29) is 0 Å². The van der Waals surface area contributed by atoms with Crippen LogP contribution in [0.4, 0.5) is 11.4 Å². The Morgan fingerprint density at radius 2 is 1.42 bits per heavy atom. The highest BCUT2D eigenvalue weighted by Gasteiger charge is 2.07. The Kier molecular flexibility index (Phi) is 7.38. The summed E-state index contributed by atoms with van der Waals surface area (Å²) in [5.74, 6) is 0.796. The number of rotatable bonds is 7. The van der Waals surface area contributed by atoms with Crippen LogP contribution in [0.2, 0.25) is 0 Å². The number of aromatic nitrogens is 2. The van der Waals surface area contributed by atoms with Gasteiger partial charge in [-0.2, -0.15) is 0 Å². The molecule has 0 saturated heterocycles. The van der Waals surface area contributed by atoms with Crippen LogP contribution in [0.3, 0.4) is 0 Å². The van der Waals surface area contributed by atoms with Gasteiger partial charge in [0.25, 0.3) is 0 Å². The van der Waals surface area contributed by atoms with Crippen molar-refractivity contribution in [1.82, 2.24) is 20.6 Å². The molecule has 0 spiro atoms. The van der Waals surface area contributed by atoms with Crippen LogP contribution in [0, 0.1) is 0 Å². The molecule has 3 aromatic rings. The van der Waals surface area contributed by atoms with Crippen molar-refractivity contribution < 1.29 is 0 Å². The quantitative estimate of drug-likeness (QED) is 0.257. The number of hydrogen-bond acceptors (Lipinski definition) is 3. The van der Waals surface area contributed by atoms with Crippen molar-refractivity contribution in [2.24, 2.45) is 0 Å². The van der Waals surface area contributed by atoms with Gasteiger partial charge in [-0.3, -0.25) is 0 Å². The maximum Gasteiger partial charge on any atom is 0.171 e. The summed E-state index contributed by atoms with van der Waals surface area (Å²) < 4.78 is 0. The van der Waals surface area contributed by atoms with Crippen LogP contribution in [-0.2, 0) is 0 Å². The first-order valence-electron chi connectivity index (χ1n) is 9.79. The van der Waals surface area contributed by atoms with Gasteiger partial charge in [-0.25, -0.2) is 4.98 Å². The summed E-state index contributed by atoms with van der Waals surface area (Å²) >= 11 is 10.6. The highest BCUT2D eigenvalue weighted by molar-refractivity contribution is 7.80. The number of thiocarbonyl (C=S) groups is 2. The molecule has 0 amide bonds. The van der Waals surface area contributed by atoms with E-state index < -0.39 is 0 Å². The van der Waals surface area contributed by atoms with Crippen molar-refractivity contribution in [3.63, 3.8) is 0 Å². The highest BCUT2D eigenvalue weighted by atomic mass is 32.1. The molecule has 8 heteroatoms. The number of nitrogens with one attached hydrogen (secondary N) is 5. The van der Waals surface area contributed by atoms with E-state index >= 15 is 0 Å². The fraction of sp³-hybridized carbons (Fsp3) is 0.174. The lowest BCUT2D eigenvalue weighted by atomic mass is 10.2. The zero-order valence-electron chi connectivity index (χ0n) is 17.6. The summed E-state index contributed by atoms with van der Waals surface area (Å²) in [6, 6.07) is 13.8. The summed E-state index contributed by atoms with van der Waals surface area (Å²) in [6.45, 7) is 12.9. The van der Waals surface area contributed by atoms with Gasteiger partial charge >= 0.3 is 0 Å². The van der Waals surface area contributed by atoms with E-state index in [0.29, 0.717) is 23.3 Å².